The lowest BCUT2D eigenvalue weighted by Crippen LogP contribution is -2.26. The van der Waals surface area contributed by atoms with E-state index in [1.165, 1.54) is 25.7 Å². The van der Waals surface area contributed by atoms with Crippen LogP contribution in [-0.2, 0) is 0 Å². The molecule has 0 bridgehead atoms. The SMILES string of the molecule is CC(C)(C)N.O=C(O)n1ncc2cc(C#CC3CC3)ccc21.O=C(O)n1ncc2cc(C#CC3CC3)ccc21. The molecule has 0 spiro atoms. The molecule has 2 heterocycles. The number of carboxylic acid groups (broad SMARTS) is 2. The molecule has 2 aliphatic rings. The second-order valence-electron chi connectivity index (χ2n) is 10.7. The predicted octanol–water partition coefficient (Wildman–Crippen LogP) is 5.39. The summed E-state index contributed by atoms with van der Waals surface area (Å²) in [7, 11) is 0. The topological polar surface area (TPSA) is 136 Å². The number of benzene rings is 2. The van der Waals surface area contributed by atoms with Crippen molar-refractivity contribution >= 4 is 34.0 Å². The molecule has 2 saturated carbocycles. The molecule has 0 atom stereocenters. The number of hydrogen-bond donors (Lipinski definition) is 3. The lowest BCUT2D eigenvalue weighted by Gasteiger charge is -2.06. The maximum absolute atomic E-state index is 10.9. The van der Waals surface area contributed by atoms with Crippen LogP contribution in [0.3, 0.4) is 0 Å². The first-order valence-corrected chi connectivity index (χ1v) is 12.7. The van der Waals surface area contributed by atoms with E-state index in [1.54, 1.807) is 24.5 Å². The molecule has 4 N–H and O–H groups in total. The largest absolute Gasteiger partial charge is 0.463 e. The number of hydrogen-bond acceptors (Lipinski definition) is 5. The van der Waals surface area contributed by atoms with Crippen molar-refractivity contribution < 1.29 is 19.8 Å². The highest BCUT2D eigenvalue weighted by Gasteiger charge is 2.18. The molecule has 9 heteroatoms. The average molecular weight is 526 g/mol. The van der Waals surface area contributed by atoms with Gasteiger partial charge in [0.05, 0.1) is 23.4 Å². The molecule has 0 unspecified atom stereocenters. The molecular formula is C30H31N5O4. The molecule has 2 aromatic heterocycles. The standard InChI is InChI=1S/2C13H10N2O2.C4H11N/c2*16-13(17)15-12-6-5-10(4-3-9-1-2-9)7-11(12)8-14-15;1-4(2,3)5/h2*5-9H,1-2H2,(H,16,17);5H2,1-3H3. The first-order valence-electron chi connectivity index (χ1n) is 12.7. The molecule has 2 aliphatic carbocycles. The Morgan fingerprint density at radius 2 is 1.15 bits per heavy atom. The zero-order valence-electron chi connectivity index (χ0n) is 22.2. The molecule has 2 aromatic carbocycles. The van der Waals surface area contributed by atoms with Gasteiger partial charge in [-0.05, 0) is 82.9 Å². The number of nitrogens with two attached hydrogens (primary N) is 1. The van der Waals surface area contributed by atoms with Gasteiger partial charge < -0.3 is 15.9 Å². The summed E-state index contributed by atoms with van der Waals surface area (Å²) in [5, 5.41) is 27.0. The summed E-state index contributed by atoms with van der Waals surface area (Å²) in [6, 6.07) is 10.9. The minimum Gasteiger partial charge on any atom is -0.463 e. The lowest BCUT2D eigenvalue weighted by atomic mass is 10.1. The van der Waals surface area contributed by atoms with Gasteiger partial charge in [0.25, 0.3) is 0 Å². The fourth-order valence-electron chi connectivity index (χ4n) is 3.35. The normalized spacial score (nSPS) is 14.1. The number of aromatic nitrogens is 4. The van der Waals surface area contributed by atoms with Gasteiger partial charge in [0.1, 0.15) is 0 Å². The molecule has 39 heavy (non-hydrogen) atoms. The van der Waals surface area contributed by atoms with Crippen LogP contribution in [0.4, 0.5) is 9.59 Å². The van der Waals surface area contributed by atoms with Gasteiger partial charge in [-0.2, -0.15) is 19.6 Å². The van der Waals surface area contributed by atoms with E-state index in [1.807, 2.05) is 45.0 Å². The third-order valence-electron chi connectivity index (χ3n) is 5.49. The van der Waals surface area contributed by atoms with E-state index in [2.05, 4.69) is 33.9 Å². The Kier molecular flexibility index (Phi) is 8.04. The molecule has 200 valence electrons. The van der Waals surface area contributed by atoms with Crippen LogP contribution in [0, 0.1) is 35.5 Å². The summed E-state index contributed by atoms with van der Waals surface area (Å²) in [6.07, 6.45) is 5.75. The van der Waals surface area contributed by atoms with Crippen LogP contribution in [0.5, 0.6) is 0 Å². The lowest BCUT2D eigenvalue weighted by molar-refractivity contribution is 0.192. The number of fused-ring (bicyclic) bond motifs is 2. The zero-order valence-corrected chi connectivity index (χ0v) is 22.2. The minimum absolute atomic E-state index is 0. The van der Waals surface area contributed by atoms with Crippen LogP contribution in [-0.4, -0.2) is 47.5 Å². The fourth-order valence-corrected chi connectivity index (χ4v) is 3.35. The van der Waals surface area contributed by atoms with Crippen molar-refractivity contribution in [3.05, 3.63) is 59.9 Å². The summed E-state index contributed by atoms with van der Waals surface area (Å²) in [5.41, 5.74) is 8.36. The maximum Gasteiger partial charge on any atom is 0.432 e. The molecular weight excluding hydrogens is 494 g/mol. The first-order chi connectivity index (χ1) is 18.5. The van der Waals surface area contributed by atoms with Crippen LogP contribution in [0.2, 0.25) is 0 Å². The fraction of sp³-hybridized carbons (Fsp3) is 0.333. The van der Waals surface area contributed by atoms with E-state index in [-0.39, 0.29) is 5.54 Å². The van der Waals surface area contributed by atoms with Crippen molar-refractivity contribution in [1.82, 2.24) is 19.6 Å². The van der Waals surface area contributed by atoms with Gasteiger partial charge in [0, 0.05) is 39.3 Å². The number of carbonyl (C=O) groups is 2. The quantitative estimate of drug-likeness (QED) is 0.262. The first kappa shape index (κ1) is 27.4. The van der Waals surface area contributed by atoms with Crippen molar-refractivity contribution in [3.63, 3.8) is 0 Å². The Bertz CT molecular complexity index is 1520. The minimum atomic E-state index is -1.07. The highest BCUT2D eigenvalue weighted by molar-refractivity contribution is 5.88. The number of rotatable bonds is 0. The van der Waals surface area contributed by atoms with E-state index in [0.717, 1.165) is 31.3 Å². The Morgan fingerprint density at radius 3 is 1.46 bits per heavy atom. The summed E-state index contributed by atoms with van der Waals surface area (Å²) < 4.78 is 1.93. The van der Waals surface area contributed by atoms with E-state index in [0.29, 0.717) is 22.9 Å². The average Bonchev–Trinajstić information content (AvgIpc) is 3.78. The number of nitrogens with zero attached hydrogens (tertiary/aromatic N) is 4. The van der Waals surface area contributed by atoms with Crippen molar-refractivity contribution in [1.29, 1.82) is 0 Å². The van der Waals surface area contributed by atoms with Crippen LogP contribution in [0.15, 0.2) is 48.8 Å². The second kappa shape index (κ2) is 11.4. The highest BCUT2D eigenvalue weighted by atomic mass is 16.4. The smallest absolute Gasteiger partial charge is 0.432 e. The maximum atomic E-state index is 10.9. The highest BCUT2D eigenvalue weighted by Crippen LogP contribution is 2.28. The third kappa shape index (κ3) is 8.19. The van der Waals surface area contributed by atoms with Gasteiger partial charge in [-0.1, -0.05) is 23.7 Å². The van der Waals surface area contributed by atoms with Crippen molar-refractivity contribution in [2.24, 2.45) is 17.6 Å². The van der Waals surface area contributed by atoms with Gasteiger partial charge in [-0.15, -0.1) is 0 Å². The van der Waals surface area contributed by atoms with Gasteiger partial charge in [-0.25, -0.2) is 9.59 Å². The molecule has 0 amide bonds. The molecule has 0 radical (unpaired) electrons. The van der Waals surface area contributed by atoms with E-state index >= 15 is 0 Å². The van der Waals surface area contributed by atoms with Crippen LogP contribution < -0.4 is 5.73 Å². The van der Waals surface area contributed by atoms with Gasteiger partial charge >= 0.3 is 12.2 Å². The summed E-state index contributed by atoms with van der Waals surface area (Å²) in [4.78, 5) is 21.7. The van der Waals surface area contributed by atoms with Crippen LogP contribution in [0.1, 0.15) is 57.6 Å². The molecule has 0 aliphatic heterocycles. The van der Waals surface area contributed by atoms with E-state index in [9.17, 15) is 9.59 Å². The summed E-state index contributed by atoms with van der Waals surface area (Å²) >= 11 is 0. The Balaban J connectivity index is 0.000000155. The van der Waals surface area contributed by atoms with Gasteiger partial charge in [0.2, 0.25) is 0 Å². The Morgan fingerprint density at radius 1 is 0.795 bits per heavy atom. The van der Waals surface area contributed by atoms with Gasteiger partial charge in [0.15, 0.2) is 0 Å². The molecule has 2 fully saturated rings. The van der Waals surface area contributed by atoms with E-state index in [4.69, 9.17) is 15.9 Å². The van der Waals surface area contributed by atoms with Crippen molar-refractivity contribution in [2.75, 3.05) is 0 Å². The second-order valence-corrected chi connectivity index (χ2v) is 10.7. The molecule has 0 saturated heterocycles. The van der Waals surface area contributed by atoms with Crippen LogP contribution in [0.25, 0.3) is 21.8 Å². The Labute approximate surface area is 226 Å². The summed E-state index contributed by atoms with van der Waals surface area (Å²) in [5.74, 6) is 13.7. The molecule has 9 nitrogen and oxygen atoms in total. The molecule has 4 aromatic rings. The van der Waals surface area contributed by atoms with Crippen molar-refractivity contribution in [3.8, 4) is 23.7 Å². The monoisotopic (exact) mass is 525 g/mol. The summed E-state index contributed by atoms with van der Waals surface area (Å²) in [6.45, 7) is 5.90. The third-order valence-corrected chi connectivity index (χ3v) is 5.49. The zero-order chi connectivity index (χ0) is 28.2. The van der Waals surface area contributed by atoms with Gasteiger partial charge in [-0.3, -0.25) is 0 Å². The Hall–Kier alpha value is -4.60. The molecule has 6 rings (SSSR count). The van der Waals surface area contributed by atoms with Crippen LogP contribution >= 0.6 is 0 Å². The van der Waals surface area contributed by atoms with E-state index < -0.39 is 12.2 Å². The predicted molar refractivity (Wildman–Crippen MR) is 149 cm³/mol. The van der Waals surface area contributed by atoms with Crippen molar-refractivity contribution in [2.45, 2.75) is 52.0 Å².